The van der Waals surface area contributed by atoms with E-state index in [1.807, 2.05) is 0 Å². The molecule has 3 atom stereocenters. The van der Waals surface area contributed by atoms with E-state index in [4.69, 9.17) is 0 Å². The van der Waals surface area contributed by atoms with E-state index in [9.17, 15) is 0 Å². The Bertz CT molecular complexity index is 338. The minimum atomic E-state index is 0.695. The molecule has 1 N–H and O–H groups in total. The lowest BCUT2D eigenvalue weighted by Gasteiger charge is -2.28. The highest BCUT2D eigenvalue weighted by Gasteiger charge is 2.20. The SMILES string of the molecule is CC1CCCC(SC(C)CNc2ccccc2)C1. The van der Waals surface area contributed by atoms with E-state index < -0.39 is 0 Å². The Balaban J connectivity index is 1.70. The lowest BCUT2D eigenvalue weighted by atomic mass is 9.91. The molecule has 1 saturated carbocycles. The maximum absolute atomic E-state index is 3.52. The second kappa shape index (κ2) is 7.08. The molecule has 1 aliphatic rings. The monoisotopic (exact) mass is 263 g/mol. The van der Waals surface area contributed by atoms with Crippen LogP contribution in [0.25, 0.3) is 0 Å². The third kappa shape index (κ3) is 4.56. The van der Waals surface area contributed by atoms with E-state index in [2.05, 4.69) is 61.3 Å². The van der Waals surface area contributed by atoms with Crippen molar-refractivity contribution in [3.05, 3.63) is 30.3 Å². The second-order valence-electron chi connectivity index (χ2n) is 5.59. The molecular weight excluding hydrogens is 238 g/mol. The van der Waals surface area contributed by atoms with Crippen LogP contribution in [-0.4, -0.2) is 17.0 Å². The molecule has 0 amide bonds. The molecular formula is C16H25NS. The molecule has 1 aliphatic carbocycles. The molecule has 2 heteroatoms. The molecule has 18 heavy (non-hydrogen) atoms. The van der Waals surface area contributed by atoms with Crippen LogP contribution in [0, 0.1) is 5.92 Å². The number of para-hydroxylation sites is 1. The average Bonchev–Trinajstić information content (AvgIpc) is 2.38. The van der Waals surface area contributed by atoms with Crippen LogP contribution in [0.3, 0.4) is 0 Å². The molecule has 0 spiro atoms. The van der Waals surface area contributed by atoms with Gasteiger partial charge in [-0.25, -0.2) is 0 Å². The molecule has 1 aromatic rings. The lowest BCUT2D eigenvalue weighted by Crippen LogP contribution is -2.21. The molecule has 2 rings (SSSR count). The largest absolute Gasteiger partial charge is 0.384 e. The van der Waals surface area contributed by atoms with Gasteiger partial charge in [0.05, 0.1) is 0 Å². The molecule has 0 bridgehead atoms. The van der Waals surface area contributed by atoms with Crippen LogP contribution >= 0.6 is 11.8 Å². The summed E-state index contributed by atoms with van der Waals surface area (Å²) in [6, 6.07) is 10.5. The topological polar surface area (TPSA) is 12.0 Å². The highest BCUT2D eigenvalue weighted by Crippen LogP contribution is 2.34. The smallest absolute Gasteiger partial charge is 0.0340 e. The minimum Gasteiger partial charge on any atom is -0.384 e. The summed E-state index contributed by atoms with van der Waals surface area (Å²) in [4.78, 5) is 0. The zero-order valence-electron chi connectivity index (χ0n) is 11.6. The number of hydrogen-bond donors (Lipinski definition) is 1. The zero-order chi connectivity index (χ0) is 12.8. The van der Waals surface area contributed by atoms with Gasteiger partial charge in [-0.2, -0.15) is 11.8 Å². The van der Waals surface area contributed by atoms with E-state index >= 15 is 0 Å². The van der Waals surface area contributed by atoms with E-state index in [1.165, 1.54) is 31.4 Å². The first-order chi connectivity index (χ1) is 8.74. The molecule has 1 fully saturated rings. The Hall–Kier alpha value is -0.630. The number of nitrogens with one attached hydrogen (secondary N) is 1. The second-order valence-corrected chi connectivity index (χ2v) is 7.33. The van der Waals surface area contributed by atoms with Crippen molar-refractivity contribution in [2.75, 3.05) is 11.9 Å². The Morgan fingerprint density at radius 1 is 1.28 bits per heavy atom. The van der Waals surface area contributed by atoms with Crippen LogP contribution in [0.5, 0.6) is 0 Å². The van der Waals surface area contributed by atoms with Gasteiger partial charge in [-0.3, -0.25) is 0 Å². The molecule has 0 radical (unpaired) electrons. The Labute approximate surface area is 116 Å². The molecule has 100 valence electrons. The predicted molar refractivity (Wildman–Crippen MR) is 83.4 cm³/mol. The molecule has 0 heterocycles. The summed E-state index contributed by atoms with van der Waals surface area (Å²) >= 11 is 2.18. The summed E-state index contributed by atoms with van der Waals surface area (Å²) in [6.45, 7) is 5.82. The third-order valence-corrected chi connectivity index (χ3v) is 5.12. The van der Waals surface area contributed by atoms with E-state index in [1.54, 1.807) is 0 Å². The molecule has 0 aromatic heterocycles. The van der Waals surface area contributed by atoms with Crippen LogP contribution in [0.2, 0.25) is 0 Å². The third-order valence-electron chi connectivity index (χ3n) is 3.68. The summed E-state index contributed by atoms with van der Waals surface area (Å²) < 4.78 is 0. The van der Waals surface area contributed by atoms with Crippen LogP contribution < -0.4 is 5.32 Å². The Morgan fingerprint density at radius 2 is 2.06 bits per heavy atom. The first-order valence-electron chi connectivity index (χ1n) is 7.18. The molecule has 0 aliphatic heterocycles. The van der Waals surface area contributed by atoms with Gasteiger partial charge in [-0.15, -0.1) is 0 Å². The standard InChI is InChI=1S/C16H25NS/c1-13-7-6-10-16(11-13)18-14(2)12-17-15-8-4-3-5-9-15/h3-5,8-9,13-14,16-17H,6-7,10-12H2,1-2H3. The molecule has 0 saturated heterocycles. The quantitative estimate of drug-likeness (QED) is 0.819. The molecule has 1 nitrogen and oxygen atoms in total. The highest BCUT2D eigenvalue weighted by molar-refractivity contribution is 8.00. The van der Waals surface area contributed by atoms with Crippen molar-refractivity contribution in [3.63, 3.8) is 0 Å². The van der Waals surface area contributed by atoms with Gasteiger partial charge in [0.1, 0.15) is 0 Å². The van der Waals surface area contributed by atoms with E-state index in [-0.39, 0.29) is 0 Å². The molecule has 3 unspecified atom stereocenters. The maximum atomic E-state index is 3.52. The van der Waals surface area contributed by atoms with Crippen molar-refractivity contribution in [1.82, 2.24) is 0 Å². The van der Waals surface area contributed by atoms with Crippen molar-refractivity contribution in [3.8, 4) is 0 Å². The van der Waals surface area contributed by atoms with Gasteiger partial charge in [0.15, 0.2) is 0 Å². The van der Waals surface area contributed by atoms with Crippen molar-refractivity contribution >= 4 is 17.4 Å². The van der Waals surface area contributed by atoms with Crippen molar-refractivity contribution < 1.29 is 0 Å². The van der Waals surface area contributed by atoms with Crippen LogP contribution in [0.4, 0.5) is 5.69 Å². The fourth-order valence-corrected chi connectivity index (χ4v) is 4.28. The zero-order valence-corrected chi connectivity index (χ0v) is 12.4. The summed E-state index contributed by atoms with van der Waals surface area (Å²) in [6.07, 6.45) is 5.70. The number of hydrogen-bond acceptors (Lipinski definition) is 2. The summed E-state index contributed by atoms with van der Waals surface area (Å²) in [5, 5.41) is 5.11. The number of thioether (sulfide) groups is 1. The first kappa shape index (κ1) is 13.8. The van der Waals surface area contributed by atoms with Gasteiger partial charge in [0, 0.05) is 22.7 Å². The van der Waals surface area contributed by atoms with Crippen molar-refractivity contribution in [1.29, 1.82) is 0 Å². The van der Waals surface area contributed by atoms with Crippen LogP contribution in [0.1, 0.15) is 39.5 Å². The van der Waals surface area contributed by atoms with Gasteiger partial charge in [0.25, 0.3) is 0 Å². The molecule has 1 aromatic carbocycles. The summed E-state index contributed by atoms with van der Waals surface area (Å²) in [5.74, 6) is 0.936. The predicted octanol–water partition coefficient (Wildman–Crippen LogP) is 4.80. The number of rotatable bonds is 5. The van der Waals surface area contributed by atoms with E-state index in [0.717, 1.165) is 17.7 Å². The summed E-state index contributed by atoms with van der Waals surface area (Å²) in [7, 11) is 0. The van der Waals surface area contributed by atoms with Gasteiger partial charge in [-0.1, -0.05) is 44.9 Å². The fraction of sp³-hybridized carbons (Fsp3) is 0.625. The minimum absolute atomic E-state index is 0.695. The first-order valence-corrected chi connectivity index (χ1v) is 8.12. The van der Waals surface area contributed by atoms with Gasteiger partial charge in [-0.05, 0) is 30.9 Å². The van der Waals surface area contributed by atoms with E-state index in [0.29, 0.717) is 5.25 Å². The average molecular weight is 263 g/mol. The van der Waals surface area contributed by atoms with Gasteiger partial charge in [0.2, 0.25) is 0 Å². The highest BCUT2D eigenvalue weighted by atomic mass is 32.2. The van der Waals surface area contributed by atoms with Crippen molar-refractivity contribution in [2.45, 2.75) is 50.0 Å². The lowest BCUT2D eigenvalue weighted by molar-refractivity contribution is 0.394. The number of anilines is 1. The Morgan fingerprint density at radius 3 is 2.78 bits per heavy atom. The fourth-order valence-electron chi connectivity index (χ4n) is 2.70. The van der Waals surface area contributed by atoms with Crippen LogP contribution in [-0.2, 0) is 0 Å². The maximum Gasteiger partial charge on any atom is 0.0340 e. The summed E-state index contributed by atoms with van der Waals surface area (Å²) in [5.41, 5.74) is 1.24. The normalized spacial score (nSPS) is 25.7. The van der Waals surface area contributed by atoms with Gasteiger partial charge >= 0.3 is 0 Å². The number of benzene rings is 1. The van der Waals surface area contributed by atoms with Crippen LogP contribution in [0.15, 0.2) is 30.3 Å². The van der Waals surface area contributed by atoms with Crippen molar-refractivity contribution in [2.24, 2.45) is 5.92 Å². The Kier molecular flexibility index (Phi) is 5.43. The van der Waals surface area contributed by atoms with Gasteiger partial charge < -0.3 is 5.32 Å².